The zero-order valence-corrected chi connectivity index (χ0v) is 11.0. The van der Waals surface area contributed by atoms with E-state index in [9.17, 15) is 4.79 Å². The molecule has 0 bridgehead atoms. The topological polar surface area (TPSA) is 50.4 Å². The number of benzene rings is 1. The van der Waals surface area contributed by atoms with Crippen LogP contribution in [0.15, 0.2) is 29.3 Å². The second-order valence-corrected chi connectivity index (χ2v) is 4.47. The Kier molecular flexibility index (Phi) is 3.67. The fraction of sp³-hybridized carbons (Fsp3) is 0.357. The number of methoxy groups -OCH3 is 1. The first kappa shape index (κ1) is 12.6. The lowest BCUT2D eigenvalue weighted by atomic mass is 10.0. The number of nitrogens with one attached hydrogen (secondary N) is 2. The summed E-state index contributed by atoms with van der Waals surface area (Å²) in [5.41, 5.74) is 3.79. The van der Waals surface area contributed by atoms with Gasteiger partial charge >= 0.3 is 0 Å². The molecule has 0 radical (unpaired) electrons. The average molecular weight is 246 g/mol. The molecule has 1 amide bonds. The minimum absolute atomic E-state index is 0.0314. The van der Waals surface area contributed by atoms with Gasteiger partial charge in [-0.1, -0.05) is 0 Å². The van der Waals surface area contributed by atoms with Crippen LogP contribution >= 0.6 is 0 Å². The monoisotopic (exact) mass is 246 g/mol. The van der Waals surface area contributed by atoms with Gasteiger partial charge in [-0.05, 0) is 43.2 Å². The summed E-state index contributed by atoms with van der Waals surface area (Å²) in [5, 5.41) is 6.03. The molecule has 4 nitrogen and oxygen atoms in total. The lowest BCUT2D eigenvalue weighted by Crippen LogP contribution is -2.36. The Balaban J connectivity index is 2.10. The van der Waals surface area contributed by atoms with Crippen molar-refractivity contribution in [3.63, 3.8) is 0 Å². The van der Waals surface area contributed by atoms with Crippen LogP contribution in [0.2, 0.25) is 0 Å². The SMILES string of the molecule is COc1ccc(NC(=O)C(C)=C2CNC2)cc1C. The number of carbonyl (C=O) groups is 1. The maximum absolute atomic E-state index is 12.0. The van der Waals surface area contributed by atoms with Crippen LogP contribution in [0.4, 0.5) is 5.69 Å². The van der Waals surface area contributed by atoms with Crippen molar-refractivity contribution >= 4 is 11.6 Å². The molecule has 0 aliphatic carbocycles. The summed E-state index contributed by atoms with van der Waals surface area (Å²) < 4.78 is 5.19. The summed E-state index contributed by atoms with van der Waals surface area (Å²) in [5.74, 6) is 0.794. The normalized spacial score (nSPS) is 13.8. The molecule has 1 aromatic carbocycles. The largest absolute Gasteiger partial charge is 0.496 e. The molecule has 18 heavy (non-hydrogen) atoms. The van der Waals surface area contributed by atoms with Gasteiger partial charge in [0, 0.05) is 24.4 Å². The van der Waals surface area contributed by atoms with E-state index in [4.69, 9.17) is 4.74 Å². The Bertz CT molecular complexity index is 501. The lowest BCUT2D eigenvalue weighted by molar-refractivity contribution is -0.112. The summed E-state index contributed by atoms with van der Waals surface area (Å²) in [6.45, 7) is 5.46. The molecule has 2 N–H and O–H groups in total. The summed E-state index contributed by atoms with van der Waals surface area (Å²) in [6.07, 6.45) is 0. The van der Waals surface area contributed by atoms with Gasteiger partial charge in [0.25, 0.3) is 5.91 Å². The molecule has 2 rings (SSSR count). The average Bonchev–Trinajstić information content (AvgIpc) is 2.26. The van der Waals surface area contributed by atoms with E-state index in [1.807, 2.05) is 32.0 Å². The smallest absolute Gasteiger partial charge is 0.251 e. The van der Waals surface area contributed by atoms with Crippen molar-refractivity contribution in [2.75, 3.05) is 25.5 Å². The van der Waals surface area contributed by atoms with Crippen LogP contribution in [-0.2, 0) is 4.79 Å². The molecule has 96 valence electrons. The number of carbonyl (C=O) groups excluding carboxylic acids is 1. The first-order valence-electron chi connectivity index (χ1n) is 5.97. The quantitative estimate of drug-likeness (QED) is 0.800. The number of amides is 1. The number of anilines is 1. The second kappa shape index (κ2) is 5.23. The van der Waals surface area contributed by atoms with Crippen molar-refractivity contribution in [2.24, 2.45) is 0 Å². The van der Waals surface area contributed by atoms with E-state index < -0.39 is 0 Å². The molecule has 1 saturated heterocycles. The predicted molar refractivity (Wildman–Crippen MR) is 71.9 cm³/mol. The predicted octanol–water partition coefficient (Wildman–Crippen LogP) is 1.86. The minimum Gasteiger partial charge on any atom is -0.496 e. The highest BCUT2D eigenvalue weighted by Gasteiger charge is 2.16. The highest BCUT2D eigenvalue weighted by Crippen LogP contribution is 2.22. The molecule has 1 aromatic rings. The minimum atomic E-state index is -0.0314. The van der Waals surface area contributed by atoms with Gasteiger partial charge in [0.05, 0.1) is 7.11 Å². The molecule has 1 aliphatic rings. The van der Waals surface area contributed by atoms with E-state index in [-0.39, 0.29) is 5.91 Å². The number of hydrogen-bond acceptors (Lipinski definition) is 3. The summed E-state index contributed by atoms with van der Waals surface area (Å²) in [6, 6.07) is 5.62. The molecule has 0 aromatic heterocycles. The van der Waals surface area contributed by atoms with Crippen LogP contribution in [0.1, 0.15) is 12.5 Å². The van der Waals surface area contributed by atoms with Crippen molar-refractivity contribution in [3.05, 3.63) is 34.9 Å². The van der Waals surface area contributed by atoms with Gasteiger partial charge in [-0.15, -0.1) is 0 Å². The summed E-state index contributed by atoms with van der Waals surface area (Å²) in [7, 11) is 1.64. The molecule has 0 spiro atoms. The van der Waals surface area contributed by atoms with Gasteiger partial charge in [0.15, 0.2) is 0 Å². The van der Waals surface area contributed by atoms with Crippen LogP contribution in [0.25, 0.3) is 0 Å². The zero-order valence-electron chi connectivity index (χ0n) is 11.0. The Morgan fingerprint density at radius 1 is 1.39 bits per heavy atom. The number of hydrogen-bond donors (Lipinski definition) is 2. The molecule has 1 aliphatic heterocycles. The molecular weight excluding hydrogens is 228 g/mol. The van der Waals surface area contributed by atoms with E-state index in [1.165, 1.54) is 5.57 Å². The molecule has 0 saturated carbocycles. The Morgan fingerprint density at radius 2 is 2.11 bits per heavy atom. The van der Waals surface area contributed by atoms with E-state index in [1.54, 1.807) is 7.11 Å². The number of ether oxygens (including phenoxy) is 1. The third-order valence-corrected chi connectivity index (χ3v) is 3.20. The fourth-order valence-corrected chi connectivity index (χ4v) is 1.86. The molecule has 1 fully saturated rings. The lowest BCUT2D eigenvalue weighted by Gasteiger charge is -2.21. The maximum atomic E-state index is 12.0. The van der Waals surface area contributed by atoms with Crippen LogP contribution in [-0.4, -0.2) is 26.1 Å². The highest BCUT2D eigenvalue weighted by molar-refractivity contribution is 6.04. The van der Waals surface area contributed by atoms with Gasteiger partial charge in [0.2, 0.25) is 0 Å². The van der Waals surface area contributed by atoms with Crippen LogP contribution in [0.5, 0.6) is 5.75 Å². The van der Waals surface area contributed by atoms with Crippen LogP contribution < -0.4 is 15.4 Å². The van der Waals surface area contributed by atoms with Crippen LogP contribution in [0, 0.1) is 6.92 Å². The van der Waals surface area contributed by atoms with Crippen molar-refractivity contribution in [1.29, 1.82) is 0 Å². The van der Waals surface area contributed by atoms with Crippen molar-refractivity contribution in [1.82, 2.24) is 5.32 Å². The van der Waals surface area contributed by atoms with Crippen molar-refractivity contribution in [3.8, 4) is 5.75 Å². The summed E-state index contributed by atoms with van der Waals surface area (Å²) >= 11 is 0. The number of rotatable bonds is 3. The van der Waals surface area contributed by atoms with Gasteiger partial charge in [-0.3, -0.25) is 4.79 Å². The first-order chi connectivity index (χ1) is 8.61. The van der Waals surface area contributed by atoms with E-state index in [0.717, 1.165) is 35.7 Å². The Morgan fingerprint density at radius 3 is 2.61 bits per heavy atom. The Hall–Kier alpha value is -1.81. The van der Waals surface area contributed by atoms with Crippen molar-refractivity contribution in [2.45, 2.75) is 13.8 Å². The molecule has 0 atom stereocenters. The standard InChI is InChI=1S/C14H18N2O2/c1-9-6-12(4-5-13(9)18-3)16-14(17)10(2)11-7-15-8-11/h4-6,15H,7-8H2,1-3H3,(H,16,17). The molecule has 4 heteroatoms. The first-order valence-corrected chi connectivity index (χ1v) is 5.97. The van der Waals surface area contributed by atoms with Gasteiger partial charge in [-0.25, -0.2) is 0 Å². The van der Waals surface area contributed by atoms with Gasteiger partial charge < -0.3 is 15.4 Å². The van der Waals surface area contributed by atoms with E-state index >= 15 is 0 Å². The molecule has 0 unspecified atom stereocenters. The second-order valence-electron chi connectivity index (χ2n) is 4.47. The third kappa shape index (κ3) is 2.54. The maximum Gasteiger partial charge on any atom is 0.251 e. The number of aryl methyl sites for hydroxylation is 1. The van der Waals surface area contributed by atoms with Crippen molar-refractivity contribution < 1.29 is 9.53 Å². The third-order valence-electron chi connectivity index (χ3n) is 3.20. The highest BCUT2D eigenvalue weighted by atomic mass is 16.5. The van der Waals surface area contributed by atoms with E-state index in [0.29, 0.717) is 0 Å². The Labute approximate surface area is 107 Å². The fourth-order valence-electron chi connectivity index (χ4n) is 1.86. The van der Waals surface area contributed by atoms with Crippen LogP contribution in [0.3, 0.4) is 0 Å². The van der Waals surface area contributed by atoms with Gasteiger partial charge in [0.1, 0.15) is 5.75 Å². The molecule has 1 heterocycles. The van der Waals surface area contributed by atoms with Gasteiger partial charge in [-0.2, -0.15) is 0 Å². The van der Waals surface area contributed by atoms with E-state index in [2.05, 4.69) is 10.6 Å². The zero-order chi connectivity index (χ0) is 13.1. The summed E-state index contributed by atoms with van der Waals surface area (Å²) in [4.78, 5) is 12.0. The molecular formula is C14H18N2O2.